The number of nitrogens with one attached hydrogen (secondary N) is 1. The first-order valence-electron chi connectivity index (χ1n) is 12.8. The van der Waals surface area contributed by atoms with Crippen molar-refractivity contribution in [2.45, 2.75) is 39.2 Å². The first-order valence-corrected chi connectivity index (χ1v) is 10.7. The number of aryl methyl sites for hydroxylation is 2. The van der Waals surface area contributed by atoms with Crippen LogP contribution < -0.4 is 15.0 Å². The lowest BCUT2D eigenvalue weighted by atomic mass is 9.92. The summed E-state index contributed by atoms with van der Waals surface area (Å²) in [5.41, 5.74) is 0.894. The SMILES string of the molecule is [2H]C([2H])([2H])C([2H])([2H])n1nc(NC2[C@@H]3CC[C@H]2CN(c2cc(C)ncn2)C3)nc1Oc1ccc(F)c(Cl)c1. The van der Waals surface area contributed by atoms with Gasteiger partial charge in [-0.15, -0.1) is 5.10 Å². The average Bonchev–Trinajstić information content (AvgIpc) is 3.31. The second-order valence-electron chi connectivity index (χ2n) is 8.11. The van der Waals surface area contributed by atoms with Crippen LogP contribution in [-0.4, -0.2) is 43.9 Å². The summed E-state index contributed by atoms with van der Waals surface area (Å²) in [7, 11) is 0. The molecule has 0 spiro atoms. The summed E-state index contributed by atoms with van der Waals surface area (Å²) in [6.45, 7) is -2.53. The molecule has 1 aliphatic carbocycles. The molecule has 8 nitrogen and oxygen atoms in total. The summed E-state index contributed by atoms with van der Waals surface area (Å²) in [6.07, 6.45) is 3.52. The highest BCUT2D eigenvalue weighted by molar-refractivity contribution is 6.30. The van der Waals surface area contributed by atoms with Crippen LogP contribution in [0.4, 0.5) is 16.2 Å². The normalized spacial score (nSPS) is 25.4. The van der Waals surface area contributed by atoms with Gasteiger partial charge in [-0.25, -0.2) is 19.0 Å². The zero-order valence-electron chi connectivity index (χ0n) is 22.3. The molecule has 3 atom stereocenters. The zero-order valence-corrected chi connectivity index (χ0v) is 18.1. The number of piperidine rings is 1. The maximum absolute atomic E-state index is 13.6. The molecule has 2 bridgehead atoms. The Kier molecular flexibility index (Phi) is 4.21. The average molecular weight is 463 g/mol. The quantitative estimate of drug-likeness (QED) is 0.584. The lowest BCUT2D eigenvalue weighted by molar-refractivity contribution is 0.374. The lowest BCUT2D eigenvalue weighted by Gasteiger charge is -2.38. The van der Waals surface area contributed by atoms with E-state index >= 15 is 0 Å². The van der Waals surface area contributed by atoms with Crippen molar-refractivity contribution in [2.24, 2.45) is 11.8 Å². The smallest absolute Gasteiger partial charge is 0.322 e. The molecular weight excluding hydrogens is 433 g/mol. The number of anilines is 2. The highest BCUT2D eigenvalue weighted by atomic mass is 35.5. The Bertz CT molecular complexity index is 1290. The van der Waals surface area contributed by atoms with Crippen molar-refractivity contribution < 1.29 is 16.0 Å². The minimum Gasteiger partial charge on any atom is -0.424 e. The molecule has 1 saturated heterocycles. The standard InChI is InChI=1S/C22H25ClFN7O/c1-3-31-22(32-16-6-7-18(24)17(23)9-16)28-21(29-31)27-20-14-4-5-15(20)11-30(10-14)19-8-13(2)25-12-26-19/h6-9,12,14-15,20H,3-5,10-11H2,1-2H3,(H,27,29)/t14-,15+,20?/i1D3,3D2. The van der Waals surface area contributed by atoms with Crippen molar-refractivity contribution in [1.82, 2.24) is 24.7 Å². The van der Waals surface area contributed by atoms with E-state index in [1.165, 1.54) is 12.1 Å². The molecule has 1 N–H and O–H groups in total. The van der Waals surface area contributed by atoms with Crippen LogP contribution in [0.15, 0.2) is 30.6 Å². The van der Waals surface area contributed by atoms with E-state index < -0.39 is 25.2 Å². The molecule has 3 heterocycles. The topological polar surface area (TPSA) is 81.0 Å². The second kappa shape index (κ2) is 8.54. The van der Waals surface area contributed by atoms with Gasteiger partial charge in [-0.1, -0.05) is 11.6 Å². The van der Waals surface area contributed by atoms with Crippen LogP contribution in [0.2, 0.25) is 5.02 Å². The van der Waals surface area contributed by atoms with Crippen LogP contribution in [0, 0.1) is 24.6 Å². The van der Waals surface area contributed by atoms with Crippen LogP contribution in [-0.2, 0) is 6.50 Å². The van der Waals surface area contributed by atoms with Crippen LogP contribution in [0.5, 0.6) is 11.8 Å². The van der Waals surface area contributed by atoms with Crippen molar-refractivity contribution in [3.05, 3.63) is 47.1 Å². The third kappa shape index (κ3) is 4.09. The Morgan fingerprint density at radius 3 is 2.81 bits per heavy atom. The van der Waals surface area contributed by atoms with Gasteiger partial charge in [0.25, 0.3) is 0 Å². The summed E-state index contributed by atoms with van der Waals surface area (Å²) in [5.74, 6) is 0.826. The summed E-state index contributed by atoms with van der Waals surface area (Å²) in [4.78, 5) is 15.1. The van der Waals surface area contributed by atoms with E-state index in [2.05, 4.69) is 30.3 Å². The number of hydrogen-bond acceptors (Lipinski definition) is 7. The number of fused-ring (bicyclic) bond motifs is 2. The van der Waals surface area contributed by atoms with Crippen molar-refractivity contribution in [3.8, 4) is 11.8 Å². The van der Waals surface area contributed by atoms with Gasteiger partial charge in [-0.05, 0) is 50.6 Å². The Morgan fingerprint density at radius 2 is 2.09 bits per heavy atom. The molecule has 2 aliphatic rings. The highest BCUT2D eigenvalue weighted by Crippen LogP contribution is 2.40. The fraction of sp³-hybridized carbons (Fsp3) is 0.455. The van der Waals surface area contributed by atoms with Crippen molar-refractivity contribution >= 4 is 23.4 Å². The van der Waals surface area contributed by atoms with Crippen molar-refractivity contribution in [3.63, 3.8) is 0 Å². The van der Waals surface area contributed by atoms with Gasteiger partial charge in [0, 0.05) is 47.6 Å². The number of benzene rings is 1. The molecule has 168 valence electrons. The molecule has 1 unspecified atom stereocenters. The number of ether oxygens (including phenoxy) is 1. The highest BCUT2D eigenvalue weighted by Gasteiger charge is 2.43. The predicted octanol–water partition coefficient (Wildman–Crippen LogP) is 4.31. The minimum atomic E-state index is -3.06. The Balaban J connectivity index is 1.40. The van der Waals surface area contributed by atoms with Crippen LogP contribution >= 0.6 is 11.6 Å². The molecule has 32 heavy (non-hydrogen) atoms. The van der Waals surface area contributed by atoms with E-state index in [1.807, 2.05) is 13.0 Å². The molecule has 0 radical (unpaired) electrons. The number of halogens is 2. The number of nitrogens with zero attached hydrogens (tertiary/aromatic N) is 6. The van der Waals surface area contributed by atoms with E-state index in [0.717, 1.165) is 43.5 Å². The number of rotatable bonds is 6. The van der Waals surface area contributed by atoms with Crippen LogP contribution in [0.3, 0.4) is 0 Å². The molecule has 3 aromatic rings. The maximum atomic E-state index is 13.6. The lowest BCUT2D eigenvalue weighted by Crippen LogP contribution is -2.48. The third-order valence-electron chi connectivity index (χ3n) is 6.03. The van der Waals surface area contributed by atoms with E-state index in [9.17, 15) is 4.39 Å². The number of hydrogen-bond donors (Lipinski definition) is 1. The van der Waals surface area contributed by atoms with Gasteiger partial charge < -0.3 is 15.0 Å². The van der Waals surface area contributed by atoms with E-state index in [-0.39, 0.29) is 34.6 Å². The Morgan fingerprint density at radius 1 is 1.28 bits per heavy atom. The summed E-state index contributed by atoms with van der Waals surface area (Å²) >= 11 is 5.83. The van der Waals surface area contributed by atoms with Crippen molar-refractivity contribution in [2.75, 3.05) is 23.3 Å². The zero-order chi connectivity index (χ0) is 26.5. The number of aromatic nitrogens is 5. The first kappa shape index (κ1) is 15.8. The summed E-state index contributed by atoms with van der Waals surface area (Å²) < 4.78 is 59.3. The second-order valence-corrected chi connectivity index (χ2v) is 8.52. The molecule has 1 aromatic carbocycles. The van der Waals surface area contributed by atoms with Gasteiger partial charge in [0.2, 0.25) is 5.95 Å². The molecule has 2 aromatic heterocycles. The fourth-order valence-corrected chi connectivity index (χ4v) is 4.72. The summed E-state index contributed by atoms with van der Waals surface area (Å²) in [5, 5.41) is 7.25. The first-order chi connectivity index (χ1) is 17.4. The van der Waals surface area contributed by atoms with E-state index in [0.29, 0.717) is 4.68 Å². The molecule has 1 saturated carbocycles. The molecule has 0 amide bonds. The van der Waals surface area contributed by atoms with E-state index in [1.54, 1.807) is 6.33 Å². The Hall–Kier alpha value is -2.94. The minimum absolute atomic E-state index is 0.00165. The molecule has 1 aliphatic heterocycles. The van der Waals surface area contributed by atoms with E-state index in [4.69, 9.17) is 23.2 Å². The Labute approximate surface area is 197 Å². The predicted molar refractivity (Wildman–Crippen MR) is 120 cm³/mol. The van der Waals surface area contributed by atoms with Crippen LogP contribution in [0.1, 0.15) is 32.2 Å². The molecule has 10 heteroatoms. The third-order valence-corrected chi connectivity index (χ3v) is 6.32. The summed E-state index contributed by atoms with van der Waals surface area (Å²) in [6, 6.07) is 5.12. The van der Waals surface area contributed by atoms with Gasteiger partial charge >= 0.3 is 6.01 Å². The van der Waals surface area contributed by atoms with Gasteiger partial charge in [0.05, 0.1) is 7.76 Å². The largest absolute Gasteiger partial charge is 0.424 e. The van der Waals surface area contributed by atoms with Gasteiger partial charge in [-0.3, -0.25) is 0 Å². The monoisotopic (exact) mass is 462 g/mol. The van der Waals surface area contributed by atoms with Crippen molar-refractivity contribution in [1.29, 1.82) is 0 Å². The van der Waals surface area contributed by atoms with Gasteiger partial charge in [-0.2, -0.15) is 4.98 Å². The van der Waals surface area contributed by atoms with Gasteiger partial charge in [0.1, 0.15) is 23.7 Å². The van der Waals surface area contributed by atoms with Gasteiger partial charge in [0.15, 0.2) is 0 Å². The maximum Gasteiger partial charge on any atom is 0.322 e. The van der Waals surface area contributed by atoms with Crippen LogP contribution in [0.25, 0.3) is 0 Å². The molecule has 5 rings (SSSR count). The molecule has 2 fully saturated rings. The fourth-order valence-electron chi connectivity index (χ4n) is 4.55. The molecular formula is C22H25ClFN7O.